The molecule has 4 heteroatoms. The molecule has 3 rings (SSSR count). The highest BCUT2D eigenvalue weighted by atomic mass is 16.5. The Hall–Kier alpha value is -1.55. The van der Waals surface area contributed by atoms with E-state index in [1.165, 1.54) is 25.9 Å². The molecule has 2 heterocycles. The van der Waals surface area contributed by atoms with E-state index in [1.54, 1.807) is 0 Å². The van der Waals surface area contributed by atoms with Crippen LogP contribution in [0.1, 0.15) is 36.0 Å². The normalized spacial score (nSPS) is 18.7. The minimum Gasteiger partial charge on any atom is -0.493 e. The second kappa shape index (κ2) is 6.27. The Labute approximate surface area is 119 Å². The zero-order valence-corrected chi connectivity index (χ0v) is 11.8. The molecule has 20 heavy (non-hydrogen) atoms. The number of nitrogens with zero attached hydrogens (tertiary/aromatic N) is 1. The molecule has 0 radical (unpaired) electrons. The van der Waals surface area contributed by atoms with Gasteiger partial charge in [-0.05, 0) is 44.5 Å². The van der Waals surface area contributed by atoms with Crippen molar-refractivity contribution < 1.29 is 14.3 Å². The van der Waals surface area contributed by atoms with Crippen LogP contribution in [-0.4, -0.2) is 43.5 Å². The third-order valence-corrected chi connectivity index (χ3v) is 3.93. The van der Waals surface area contributed by atoms with E-state index in [-0.39, 0.29) is 5.78 Å². The van der Waals surface area contributed by atoms with E-state index in [0.717, 1.165) is 18.7 Å². The monoisotopic (exact) mass is 275 g/mol. The number of Topliss-reactive ketones (excluding diaryl/α,β-unsaturated/α-hetero) is 1. The van der Waals surface area contributed by atoms with E-state index in [0.29, 0.717) is 30.9 Å². The standard InChI is InChI=1S/C16H21NO3/c18-15-6-11-20-16-12-13(4-5-14(15)16)19-10-3-9-17-7-1-2-8-17/h4-5,12H,1-3,6-11H2. The number of rotatable bonds is 5. The van der Waals surface area contributed by atoms with Gasteiger partial charge in [0.2, 0.25) is 0 Å². The Morgan fingerprint density at radius 3 is 2.95 bits per heavy atom. The first-order chi connectivity index (χ1) is 9.83. The Morgan fingerprint density at radius 1 is 1.25 bits per heavy atom. The fraction of sp³-hybridized carbons (Fsp3) is 0.562. The summed E-state index contributed by atoms with van der Waals surface area (Å²) in [5, 5.41) is 0. The molecule has 0 aliphatic carbocycles. The summed E-state index contributed by atoms with van der Waals surface area (Å²) >= 11 is 0. The van der Waals surface area contributed by atoms with Crippen LogP contribution in [0, 0.1) is 0 Å². The summed E-state index contributed by atoms with van der Waals surface area (Å²) in [5.41, 5.74) is 0.681. The molecule has 0 atom stereocenters. The van der Waals surface area contributed by atoms with E-state index in [2.05, 4.69) is 4.90 Å². The summed E-state index contributed by atoms with van der Waals surface area (Å²) in [7, 11) is 0. The maximum atomic E-state index is 11.7. The average Bonchev–Trinajstić information content (AvgIpc) is 2.97. The third-order valence-electron chi connectivity index (χ3n) is 3.93. The van der Waals surface area contributed by atoms with E-state index in [4.69, 9.17) is 9.47 Å². The number of hydrogen-bond donors (Lipinski definition) is 0. The Morgan fingerprint density at radius 2 is 2.10 bits per heavy atom. The van der Waals surface area contributed by atoms with Gasteiger partial charge in [-0.25, -0.2) is 0 Å². The van der Waals surface area contributed by atoms with Gasteiger partial charge in [0.15, 0.2) is 5.78 Å². The van der Waals surface area contributed by atoms with Gasteiger partial charge < -0.3 is 14.4 Å². The Bertz CT molecular complexity index is 481. The second-order valence-corrected chi connectivity index (χ2v) is 5.43. The van der Waals surface area contributed by atoms with Crippen molar-refractivity contribution in [2.45, 2.75) is 25.7 Å². The van der Waals surface area contributed by atoms with Crippen molar-refractivity contribution >= 4 is 5.78 Å². The summed E-state index contributed by atoms with van der Waals surface area (Å²) in [4.78, 5) is 14.2. The molecule has 1 aromatic carbocycles. The van der Waals surface area contributed by atoms with Crippen molar-refractivity contribution in [1.82, 2.24) is 4.90 Å². The molecule has 1 fully saturated rings. The van der Waals surface area contributed by atoms with Crippen LogP contribution in [0.4, 0.5) is 0 Å². The molecule has 0 amide bonds. The average molecular weight is 275 g/mol. The molecule has 1 saturated heterocycles. The fourth-order valence-electron chi connectivity index (χ4n) is 2.81. The second-order valence-electron chi connectivity index (χ2n) is 5.43. The van der Waals surface area contributed by atoms with Gasteiger partial charge in [-0.2, -0.15) is 0 Å². The first-order valence-electron chi connectivity index (χ1n) is 7.48. The Balaban J connectivity index is 1.49. The highest BCUT2D eigenvalue weighted by Gasteiger charge is 2.18. The molecular formula is C16H21NO3. The van der Waals surface area contributed by atoms with E-state index in [9.17, 15) is 4.79 Å². The van der Waals surface area contributed by atoms with Gasteiger partial charge in [-0.1, -0.05) is 0 Å². The lowest BCUT2D eigenvalue weighted by Crippen LogP contribution is -2.22. The summed E-state index contributed by atoms with van der Waals surface area (Å²) in [6.07, 6.45) is 4.17. The van der Waals surface area contributed by atoms with E-state index in [1.807, 2.05) is 18.2 Å². The van der Waals surface area contributed by atoms with Crippen molar-refractivity contribution in [3.8, 4) is 11.5 Å². The maximum Gasteiger partial charge on any atom is 0.169 e. The number of ketones is 1. The molecule has 0 unspecified atom stereocenters. The van der Waals surface area contributed by atoms with E-state index >= 15 is 0 Å². The number of likely N-dealkylation sites (tertiary alicyclic amines) is 1. The molecule has 4 nitrogen and oxygen atoms in total. The highest BCUT2D eigenvalue weighted by Crippen LogP contribution is 2.29. The number of carbonyl (C=O) groups excluding carboxylic acids is 1. The first kappa shape index (κ1) is 13.4. The number of hydrogen-bond acceptors (Lipinski definition) is 4. The Kier molecular flexibility index (Phi) is 4.21. The predicted molar refractivity (Wildman–Crippen MR) is 76.7 cm³/mol. The van der Waals surface area contributed by atoms with Crippen LogP contribution in [0.3, 0.4) is 0 Å². The maximum absolute atomic E-state index is 11.7. The first-order valence-corrected chi connectivity index (χ1v) is 7.48. The minimum absolute atomic E-state index is 0.159. The molecule has 1 aromatic rings. The van der Waals surface area contributed by atoms with Crippen LogP contribution >= 0.6 is 0 Å². The van der Waals surface area contributed by atoms with Gasteiger partial charge in [0, 0.05) is 19.0 Å². The van der Waals surface area contributed by atoms with Crippen LogP contribution in [0.15, 0.2) is 18.2 Å². The van der Waals surface area contributed by atoms with Gasteiger partial charge in [-0.15, -0.1) is 0 Å². The molecular weight excluding hydrogens is 254 g/mol. The highest BCUT2D eigenvalue weighted by molar-refractivity contribution is 5.99. The predicted octanol–water partition coefficient (Wildman–Crippen LogP) is 2.52. The van der Waals surface area contributed by atoms with E-state index < -0.39 is 0 Å². The van der Waals surface area contributed by atoms with Crippen molar-refractivity contribution in [2.75, 3.05) is 32.8 Å². The van der Waals surface area contributed by atoms with Gasteiger partial charge in [0.1, 0.15) is 11.5 Å². The zero-order chi connectivity index (χ0) is 13.8. The van der Waals surface area contributed by atoms with Crippen LogP contribution < -0.4 is 9.47 Å². The molecule has 0 spiro atoms. The number of ether oxygens (including phenoxy) is 2. The lowest BCUT2D eigenvalue weighted by atomic mass is 10.1. The van der Waals surface area contributed by atoms with Crippen molar-refractivity contribution in [1.29, 1.82) is 0 Å². The smallest absolute Gasteiger partial charge is 0.169 e. The number of fused-ring (bicyclic) bond motifs is 1. The SMILES string of the molecule is O=C1CCOc2cc(OCCCN3CCCC3)ccc21. The summed E-state index contributed by atoms with van der Waals surface area (Å²) in [6, 6.07) is 5.51. The molecule has 0 N–H and O–H groups in total. The summed E-state index contributed by atoms with van der Waals surface area (Å²) in [5.74, 6) is 1.62. The third kappa shape index (κ3) is 3.12. The zero-order valence-electron chi connectivity index (χ0n) is 11.8. The molecule has 108 valence electrons. The quantitative estimate of drug-likeness (QED) is 0.774. The topological polar surface area (TPSA) is 38.8 Å². The van der Waals surface area contributed by atoms with Gasteiger partial charge in [0.25, 0.3) is 0 Å². The number of carbonyl (C=O) groups is 1. The lowest BCUT2D eigenvalue weighted by molar-refractivity contribution is 0.0933. The van der Waals surface area contributed by atoms with Gasteiger partial charge >= 0.3 is 0 Å². The van der Waals surface area contributed by atoms with Crippen LogP contribution in [0.25, 0.3) is 0 Å². The van der Waals surface area contributed by atoms with Crippen LogP contribution in [0.5, 0.6) is 11.5 Å². The lowest BCUT2D eigenvalue weighted by Gasteiger charge is -2.18. The van der Waals surface area contributed by atoms with Crippen LogP contribution in [0.2, 0.25) is 0 Å². The van der Waals surface area contributed by atoms with Gasteiger partial charge in [-0.3, -0.25) is 4.79 Å². The van der Waals surface area contributed by atoms with Crippen LogP contribution in [-0.2, 0) is 0 Å². The molecule has 2 aliphatic rings. The molecule has 0 saturated carbocycles. The molecule has 2 aliphatic heterocycles. The van der Waals surface area contributed by atoms with Gasteiger partial charge in [0.05, 0.1) is 18.8 Å². The fourth-order valence-corrected chi connectivity index (χ4v) is 2.81. The van der Waals surface area contributed by atoms with Crippen molar-refractivity contribution in [3.05, 3.63) is 23.8 Å². The largest absolute Gasteiger partial charge is 0.493 e. The number of benzene rings is 1. The summed E-state index contributed by atoms with van der Waals surface area (Å²) < 4.78 is 11.3. The molecule has 0 bridgehead atoms. The van der Waals surface area contributed by atoms with Crippen molar-refractivity contribution in [2.24, 2.45) is 0 Å². The molecule has 0 aromatic heterocycles. The summed E-state index contributed by atoms with van der Waals surface area (Å²) in [6.45, 7) is 4.76. The minimum atomic E-state index is 0.159. The van der Waals surface area contributed by atoms with Crippen molar-refractivity contribution in [3.63, 3.8) is 0 Å².